The number of hydrogen-bond acceptors (Lipinski definition) is 5. The lowest BCUT2D eigenvalue weighted by Crippen LogP contribution is -2.55. The van der Waals surface area contributed by atoms with Crippen LogP contribution in [0.15, 0.2) is 65.6 Å². The molecule has 1 amide bonds. The summed E-state index contributed by atoms with van der Waals surface area (Å²) in [4.78, 5) is 17.7. The summed E-state index contributed by atoms with van der Waals surface area (Å²) >= 11 is 0.865. The van der Waals surface area contributed by atoms with Crippen LogP contribution in [0.25, 0.3) is 11.1 Å². The van der Waals surface area contributed by atoms with E-state index in [9.17, 15) is 14.4 Å². The number of nitrogens with two attached hydrogens (primary N) is 1. The maximum absolute atomic E-state index is 14.1. The first-order chi connectivity index (χ1) is 16.0. The third-order valence-electron chi connectivity index (χ3n) is 6.53. The minimum absolute atomic E-state index is 0.00143. The van der Waals surface area contributed by atoms with Gasteiger partial charge in [-0.2, -0.15) is 5.26 Å². The number of benzene rings is 3. The molecule has 0 aromatic heterocycles. The number of nitriles is 1. The molecule has 5 rings (SSSR count). The number of halogens is 1. The number of fused-ring (bicyclic) bond motifs is 1. The number of carbonyl (C=O) groups excluding carboxylic acids is 1. The number of carbonyl (C=O) groups is 1. The standard InChI is InChI=1S/C26H23FN4OS/c1-16-10-19-11-23(27)25(33-29)12-24(19)31(16)26(32)20-14-30(15-20)21-8-6-17(7-9-21)22-5-3-2-4-18(22)13-28/h2-9,11-12,16,20H,10,14-15,29H2,1H3. The van der Waals surface area contributed by atoms with Crippen LogP contribution in [-0.4, -0.2) is 25.0 Å². The predicted octanol–water partition coefficient (Wildman–Crippen LogP) is 4.74. The number of rotatable bonds is 4. The van der Waals surface area contributed by atoms with Gasteiger partial charge in [0.2, 0.25) is 5.91 Å². The van der Waals surface area contributed by atoms with E-state index in [1.54, 1.807) is 6.07 Å². The molecule has 2 N–H and O–H groups in total. The molecular weight excluding hydrogens is 435 g/mol. The second-order valence-corrected chi connectivity index (χ2v) is 9.27. The van der Waals surface area contributed by atoms with Gasteiger partial charge < -0.3 is 9.80 Å². The SMILES string of the molecule is CC1Cc2cc(F)c(SN)cc2N1C(=O)C1CN(c2ccc(-c3ccccc3C#N)cc2)C1. The minimum Gasteiger partial charge on any atom is -0.370 e. The van der Waals surface area contributed by atoms with Crippen molar-refractivity contribution in [2.24, 2.45) is 11.1 Å². The molecule has 3 aromatic rings. The zero-order chi connectivity index (χ0) is 23.1. The van der Waals surface area contributed by atoms with Gasteiger partial charge in [0.05, 0.1) is 22.4 Å². The van der Waals surface area contributed by atoms with E-state index in [-0.39, 0.29) is 23.7 Å². The zero-order valence-electron chi connectivity index (χ0n) is 18.2. The molecule has 2 aliphatic rings. The fraction of sp³-hybridized carbons (Fsp3) is 0.231. The van der Waals surface area contributed by atoms with Crippen LogP contribution in [0, 0.1) is 23.1 Å². The monoisotopic (exact) mass is 458 g/mol. The third kappa shape index (κ3) is 3.75. The molecule has 0 radical (unpaired) electrons. The Hall–Kier alpha value is -3.34. The van der Waals surface area contributed by atoms with Crippen LogP contribution in [0.5, 0.6) is 0 Å². The summed E-state index contributed by atoms with van der Waals surface area (Å²) < 4.78 is 14.1. The van der Waals surface area contributed by atoms with E-state index in [1.165, 1.54) is 6.07 Å². The van der Waals surface area contributed by atoms with Gasteiger partial charge in [0, 0.05) is 30.5 Å². The van der Waals surface area contributed by atoms with Crippen LogP contribution in [-0.2, 0) is 11.2 Å². The summed E-state index contributed by atoms with van der Waals surface area (Å²) in [5.74, 6) is -0.355. The smallest absolute Gasteiger partial charge is 0.233 e. The van der Waals surface area contributed by atoms with Crippen molar-refractivity contribution in [3.05, 3.63) is 77.6 Å². The summed E-state index contributed by atoms with van der Waals surface area (Å²) in [5.41, 5.74) is 5.24. The van der Waals surface area contributed by atoms with Crippen LogP contribution in [0.3, 0.4) is 0 Å². The molecule has 3 aromatic carbocycles. The van der Waals surface area contributed by atoms with Gasteiger partial charge in [0.1, 0.15) is 5.82 Å². The maximum Gasteiger partial charge on any atom is 0.233 e. The van der Waals surface area contributed by atoms with Crippen molar-refractivity contribution < 1.29 is 9.18 Å². The molecule has 33 heavy (non-hydrogen) atoms. The summed E-state index contributed by atoms with van der Waals surface area (Å²) in [6.45, 7) is 3.29. The number of amides is 1. The van der Waals surface area contributed by atoms with Crippen molar-refractivity contribution in [3.63, 3.8) is 0 Å². The maximum atomic E-state index is 14.1. The number of hydrogen-bond donors (Lipinski definition) is 1. The van der Waals surface area contributed by atoms with Crippen LogP contribution in [0.2, 0.25) is 0 Å². The lowest BCUT2D eigenvalue weighted by atomic mass is 9.95. The van der Waals surface area contributed by atoms with Gasteiger partial charge in [0.25, 0.3) is 0 Å². The molecular formula is C26H23FN4OS. The predicted molar refractivity (Wildman–Crippen MR) is 129 cm³/mol. The average molecular weight is 459 g/mol. The van der Waals surface area contributed by atoms with Gasteiger partial charge in [-0.25, -0.2) is 4.39 Å². The zero-order valence-corrected chi connectivity index (χ0v) is 19.0. The molecule has 2 aliphatic heterocycles. The van der Waals surface area contributed by atoms with Gasteiger partial charge in [-0.1, -0.05) is 30.3 Å². The quantitative estimate of drug-likeness (QED) is 0.572. The molecule has 1 saturated heterocycles. The summed E-state index contributed by atoms with van der Waals surface area (Å²) in [6.07, 6.45) is 0.648. The molecule has 166 valence electrons. The van der Waals surface area contributed by atoms with Crippen LogP contribution < -0.4 is 14.9 Å². The van der Waals surface area contributed by atoms with E-state index in [2.05, 4.69) is 11.0 Å². The van der Waals surface area contributed by atoms with Crippen molar-refractivity contribution in [2.45, 2.75) is 24.3 Å². The Balaban J connectivity index is 1.29. The summed E-state index contributed by atoms with van der Waals surface area (Å²) in [7, 11) is 0. The summed E-state index contributed by atoms with van der Waals surface area (Å²) in [6, 6.07) is 21.1. The molecule has 7 heteroatoms. The van der Waals surface area contributed by atoms with Gasteiger partial charge in [-0.15, -0.1) is 0 Å². The molecule has 0 saturated carbocycles. The van der Waals surface area contributed by atoms with Crippen molar-refractivity contribution in [1.82, 2.24) is 0 Å². The van der Waals surface area contributed by atoms with Gasteiger partial charge >= 0.3 is 0 Å². The molecule has 0 bridgehead atoms. The Kier molecular flexibility index (Phi) is 5.57. The van der Waals surface area contributed by atoms with Gasteiger partial charge in [-0.3, -0.25) is 9.93 Å². The Morgan fingerprint density at radius 2 is 1.88 bits per heavy atom. The van der Waals surface area contributed by atoms with Crippen molar-refractivity contribution in [2.75, 3.05) is 22.9 Å². The lowest BCUT2D eigenvalue weighted by Gasteiger charge is -2.42. The molecule has 1 fully saturated rings. The highest BCUT2D eigenvalue weighted by molar-refractivity contribution is 7.97. The Morgan fingerprint density at radius 3 is 2.58 bits per heavy atom. The van der Waals surface area contributed by atoms with E-state index in [1.807, 2.05) is 60.4 Å². The Bertz CT molecular complexity index is 1260. The highest BCUT2D eigenvalue weighted by Gasteiger charge is 2.40. The molecule has 0 aliphatic carbocycles. The van der Waals surface area contributed by atoms with E-state index < -0.39 is 0 Å². The average Bonchev–Trinajstić information content (AvgIpc) is 3.12. The van der Waals surface area contributed by atoms with E-state index in [4.69, 9.17) is 5.14 Å². The molecule has 1 unspecified atom stereocenters. The van der Waals surface area contributed by atoms with Gasteiger partial charge in [0.15, 0.2) is 0 Å². The summed E-state index contributed by atoms with van der Waals surface area (Å²) in [5, 5.41) is 14.9. The van der Waals surface area contributed by atoms with Crippen molar-refractivity contribution in [3.8, 4) is 17.2 Å². The normalized spacial score (nSPS) is 17.5. The van der Waals surface area contributed by atoms with Crippen molar-refractivity contribution >= 4 is 29.2 Å². The second kappa shape index (κ2) is 8.54. The van der Waals surface area contributed by atoms with E-state index in [0.29, 0.717) is 30.0 Å². The van der Waals surface area contributed by atoms with E-state index >= 15 is 0 Å². The first-order valence-electron chi connectivity index (χ1n) is 10.9. The van der Waals surface area contributed by atoms with Crippen LogP contribution in [0.4, 0.5) is 15.8 Å². The topological polar surface area (TPSA) is 73.4 Å². The van der Waals surface area contributed by atoms with Crippen molar-refractivity contribution in [1.29, 1.82) is 5.26 Å². The molecule has 0 spiro atoms. The first-order valence-corrected chi connectivity index (χ1v) is 11.7. The van der Waals surface area contributed by atoms with Gasteiger partial charge in [-0.05, 0) is 72.3 Å². The molecule has 5 nitrogen and oxygen atoms in total. The van der Waals surface area contributed by atoms with Crippen LogP contribution in [0.1, 0.15) is 18.1 Å². The lowest BCUT2D eigenvalue weighted by molar-refractivity contribution is -0.123. The second-order valence-electron chi connectivity index (χ2n) is 8.60. The fourth-order valence-corrected chi connectivity index (χ4v) is 5.12. The fourth-order valence-electron chi connectivity index (χ4n) is 4.77. The number of anilines is 2. The molecule has 2 heterocycles. The largest absolute Gasteiger partial charge is 0.370 e. The van der Waals surface area contributed by atoms with Crippen LogP contribution >= 0.6 is 11.9 Å². The highest BCUT2D eigenvalue weighted by Crippen LogP contribution is 2.38. The third-order valence-corrected chi connectivity index (χ3v) is 7.10. The minimum atomic E-state index is -0.335. The number of nitrogens with zero attached hydrogens (tertiary/aromatic N) is 3. The Morgan fingerprint density at radius 1 is 1.15 bits per heavy atom. The first kappa shape index (κ1) is 21.5. The highest BCUT2D eigenvalue weighted by atomic mass is 32.2. The Labute approximate surface area is 196 Å². The van der Waals surface area contributed by atoms with E-state index in [0.717, 1.165) is 40.0 Å². The molecule has 1 atom stereocenters.